The van der Waals surface area contributed by atoms with Gasteiger partial charge in [0.15, 0.2) is 0 Å². The lowest BCUT2D eigenvalue weighted by molar-refractivity contribution is 0.613. The number of nitrogens with one attached hydrogen (secondary N) is 1. The Labute approximate surface area is 125 Å². The van der Waals surface area contributed by atoms with Gasteiger partial charge in [-0.15, -0.1) is 0 Å². The largest absolute Gasteiger partial charge is 0.316 e. The molecule has 3 nitrogen and oxygen atoms in total. The molecule has 0 saturated carbocycles. The van der Waals surface area contributed by atoms with Gasteiger partial charge in [-0.3, -0.25) is 0 Å². The van der Waals surface area contributed by atoms with Crippen molar-refractivity contribution in [1.82, 2.24) is 14.7 Å². The molecule has 0 bridgehead atoms. The van der Waals surface area contributed by atoms with Crippen molar-refractivity contribution in [3.63, 3.8) is 0 Å². The van der Waals surface area contributed by atoms with Crippen molar-refractivity contribution in [3.05, 3.63) is 72.2 Å². The van der Waals surface area contributed by atoms with Crippen LogP contribution in [0.15, 0.2) is 60.9 Å². The van der Waals surface area contributed by atoms with Crippen molar-refractivity contribution in [2.75, 3.05) is 13.1 Å². The first-order chi connectivity index (χ1) is 10.3. The first-order valence-electron chi connectivity index (χ1n) is 7.51. The van der Waals surface area contributed by atoms with Gasteiger partial charge in [0.05, 0.1) is 5.69 Å². The van der Waals surface area contributed by atoms with Crippen molar-refractivity contribution in [2.24, 2.45) is 0 Å². The fourth-order valence-electron chi connectivity index (χ4n) is 2.54. The van der Waals surface area contributed by atoms with Crippen molar-refractivity contribution in [3.8, 4) is 0 Å². The van der Waals surface area contributed by atoms with Gasteiger partial charge in [0, 0.05) is 31.9 Å². The molecular weight excluding hydrogens is 258 g/mol. The quantitative estimate of drug-likeness (QED) is 0.702. The molecule has 21 heavy (non-hydrogen) atoms. The van der Waals surface area contributed by atoms with Crippen LogP contribution in [-0.4, -0.2) is 22.5 Å². The molecule has 3 rings (SSSR count). The highest BCUT2D eigenvalue weighted by molar-refractivity contribution is 5.39. The number of hydrogen-bond acceptors (Lipinski definition) is 2. The second kappa shape index (κ2) is 6.55. The molecule has 0 saturated heterocycles. The van der Waals surface area contributed by atoms with Crippen LogP contribution in [0.25, 0.3) is 5.65 Å². The molecule has 1 atom stereocenters. The fourth-order valence-corrected chi connectivity index (χ4v) is 2.54. The third-order valence-electron chi connectivity index (χ3n) is 3.79. The average molecular weight is 279 g/mol. The Bertz CT molecular complexity index is 655. The minimum absolute atomic E-state index is 0.535. The van der Waals surface area contributed by atoms with E-state index in [1.165, 1.54) is 5.56 Å². The Balaban J connectivity index is 1.48. The lowest BCUT2D eigenvalue weighted by atomic mass is 10.0. The highest BCUT2D eigenvalue weighted by Gasteiger charge is 2.04. The van der Waals surface area contributed by atoms with E-state index >= 15 is 0 Å². The zero-order valence-corrected chi connectivity index (χ0v) is 12.4. The number of aromatic nitrogens is 2. The van der Waals surface area contributed by atoms with Crippen LogP contribution in [0.2, 0.25) is 0 Å². The van der Waals surface area contributed by atoms with Gasteiger partial charge in [-0.05, 0) is 23.6 Å². The molecule has 0 radical (unpaired) electrons. The van der Waals surface area contributed by atoms with Crippen LogP contribution in [0.1, 0.15) is 24.1 Å². The first-order valence-corrected chi connectivity index (χ1v) is 7.51. The maximum Gasteiger partial charge on any atom is 0.136 e. The zero-order chi connectivity index (χ0) is 14.5. The summed E-state index contributed by atoms with van der Waals surface area (Å²) >= 11 is 0. The molecule has 0 amide bonds. The maximum absolute atomic E-state index is 4.61. The molecule has 0 fully saturated rings. The summed E-state index contributed by atoms with van der Waals surface area (Å²) < 4.78 is 2.07. The van der Waals surface area contributed by atoms with E-state index in [2.05, 4.69) is 58.2 Å². The molecule has 3 heteroatoms. The summed E-state index contributed by atoms with van der Waals surface area (Å²) in [6.45, 7) is 4.21. The third kappa shape index (κ3) is 3.50. The summed E-state index contributed by atoms with van der Waals surface area (Å²) in [5.74, 6) is 0.535. The van der Waals surface area contributed by atoms with Gasteiger partial charge >= 0.3 is 0 Å². The average Bonchev–Trinajstić information content (AvgIpc) is 2.95. The minimum Gasteiger partial charge on any atom is -0.316 e. The fraction of sp³-hybridized carbons (Fsp3) is 0.278. The van der Waals surface area contributed by atoms with Crippen LogP contribution >= 0.6 is 0 Å². The predicted molar refractivity (Wildman–Crippen MR) is 86.6 cm³/mol. The monoisotopic (exact) mass is 279 g/mol. The van der Waals surface area contributed by atoms with E-state index in [1.54, 1.807) is 0 Å². The molecule has 0 aliphatic rings. The van der Waals surface area contributed by atoms with E-state index in [9.17, 15) is 0 Å². The number of imidazole rings is 1. The van der Waals surface area contributed by atoms with Gasteiger partial charge in [0.25, 0.3) is 0 Å². The highest BCUT2D eigenvalue weighted by Crippen LogP contribution is 2.13. The summed E-state index contributed by atoms with van der Waals surface area (Å²) in [6.07, 6.45) is 5.11. The smallest absolute Gasteiger partial charge is 0.136 e. The lowest BCUT2D eigenvalue weighted by Gasteiger charge is -2.12. The number of benzene rings is 1. The molecule has 0 aliphatic heterocycles. The zero-order valence-electron chi connectivity index (χ0n) is 12.4. The summed E-state index contributed by atoms with van der Waals surface area (Å²) in [5, 5.41) is 3.53. The van der Waals surface area contributed by atoms with E-state index in [0.717, 1.165) is 30.9 Å². The van der Waals surface area contributed by atoms with Crippen LogP contribution in [0.3, 0.4) is 0 Å². The number of fused-ring (bicyclic) bond motifs is 1. The normalized spacial score (nSPS) is 12.6. The Morgan fingerprint density at radius 3 is 2.71 bits per heavy atom. The summed E-state index contributed by atoms with van der Waals surface area (Å²) in [4.78, 5) is 4.61. The van der Waals surface area contributed by atoms with E-state index in [0.29, 0.717) is 5.92 Å². The Kier molecular flexibility index (Phi) is 4.31. The van der Waals surface area contributed by atoms with Gasteiger partial charge < -0.3 is 9.72 Å². The second-order valence-electron chi connectivity index (χ2n) is 5.46. The van der Waals surface area contributed by atoms with Crippen molar-refractivity contribution < 1.29 is 0 Å². The van der Waals surface area contributed by atoms with Gasteiger partial charge in [-0.2, -0.15) is 0 Å². The predicted octanol–water partition coefficient (Wildman–Crippen LogP) is 3.27. The van der Waals surface area contributed by atoms with Gasteiger partial charge in [0.1, 0.15) is 5.65 Å². The van der Waals surface area contributed by atoms with Crippen LogP contribution in [0.4, 0.5) is 0 Å². The second-order valence-corrected chi connectivity index (χ2v) is 5.46. The van der Waals surface area contributed by atoms with Gasteiger partial charge in [-0.25, -0.2) is 4.98 Å². The summed E-state index contributed by atoms with van der Waals surface area (Å²) in [5.41, 5.74) is 3.55. The van der Waals surface area contributed by atoms with E-state index in [-0.39, 0.29) is 0 Å². The standard InChI is InChI=1S/C18H21N3/c1-15(16-7-3-2-4-8-16)13-19-11-10-17-14-21-12-6-5-9-18(21)20-17/h2-9,12,14-15,19H,10-11,13H2,1H3. The molecule has 2 aromatic heterocycles. The molecular formula is C18H21N3. The summed E-state index contributed by atoms with van der Waals surface area (Å²) in [7, 11) is 0. The molecule has 1 unspecified atom stereocenters. The molecule has 108 valence electrons. The maximum atomic E-state index is 4.61. The van der Waals surface area contributed by atoms with E-state index in [4.69, 9.17) is 0 Å². The van der Waals surface area contributed by atoms with Crippen LogP contribution < -0.4 is 5.32 Å². The summed E-state index contributed by atoms with van der Waals surface area (Å²) in [6, 6.07) is 16.7. The lowest BCUT2D eigenvalue weighted by Crippen LogP contribution is -2.22. The molecule has 0 spiro atoms. The molecule has 2 heterocycles. The van der Waals surface area contributed by atoms with Crippen molar-refractivity contribution in [2.45, 2.75) is 19.3 Å². The van der Waals surface area contributed by atoms with E-state index in [1.807, 2.05) is 24.4 Å². The first kappa shape index (κ1) is 13.8. The molecule has 1 N–H and O–H groups in total. The SMILES string of the molecule is CC(CNCCc1cn2ccccc2n1)c1ccccc1. The van der Waals surface area contributed by atoms with Crippen molar-refractivity contribution >= 4 is 5.65 Å². The topological polar surface area (TPSA) is 29.3 Å². The number of nitrogens with zero attached hydrogens (tertiary/aromatic N) is 2. The van der Waals surface area contributed by atoms with Gasteiger partial charge in [-0.1, -0.05) is 43.3 Å². The third-order valence-corrected chi connectivity index (χ3v) is 3.79. The Morgan fingerprint density at radius 2 is 1.90 bits per heavy atom. The number of rotatable bonds is 6. The van der Waals surface area contributed by atoms with E-state index < -0.39 is 0 Å². The number of hydrogen-bond donors (Lipinski definition) is 1. The van der Waals surface area contributed by atoms with Crippen LogP contribution in [-0.2, 0) is 6.42 Å². The minimum atomic E-state index is 0.535. The Morgan fingerprint density at radius 1 is 1.10 bits per heavy atom. The van der Waals surface area contributed by atoms with Crippen molar-refractivity contribution in [1.29, 1.82) is 0 Å². The van der Waals surface area contributed by atoms with Crippen LogP contribution in [0.5, 0.6) is 0 Å². The number of pyridine rings is 1. The molecule has 0 aliphatic carbocycles. The molecule has 1 aromatic carbocycles. The Hall–Kier alpha value is -2.13. The molecule has 3 aromatic rings. The van der Waals surface area contributed by atoms with Crippen LogP contribution in [0, 0.1) is 0 Å². The highest BCUT2D eigenvalue weighted by atomic mass is 15.0. The van der Waals surface area contributed by atoms with Gasteiger partial charge in [0.2, 0.25) is 0 Å².